The van der Waals surface area contributed by atoms with Crippen LogP contribution in [0.3, 0.4) is 0 Å². The van der Waals surface area contributed by atoms with Gasteiger partial charge in [-0.15, -0.1) is 0 Å². The summed E-state index contributed by atoms with van der Waals surface area (Å²) in [5.74, 6) is 0. The highest BCUT2D eigenvalue weighted by Gasteiger charge is 2.29. The Labute approximate surface area is 43.6 Å². The number of nitrogens with two attached hydrogens (primary N) is 1. The fourth-order valence-corrected chi connectivity index (χ4v) is 0.0500. The molecule has 0 bridgehead atoms. The maximum absolute atomic E-state index is 7.59. The van der Waals surface area contributed by atoms with E-state index in [4.69, 9.17) is 15.8 Å². The highest BCUT2D eigenvalue weighted by molar-refractivity contribution is 4.27. The lowest BCUT2D eigenvalue weighted by Crippen LogP contribution is -2.46. The summed E-state index contributed by atoms with van der Waals surface area (Å²) in [5, 5.41) is 22.8. The molecule has 0 aliphatic rings. The van der Waals surface area contributed by atoms with Crippen molar-refractivity contribution in [3.05, 3.63) is 0 Å². The van der Waals surface area contributed by atoms with Crippen molar-refractivity contribution in [3.8, 4) is 0 Å². The van der Waals surface area contributed by atoms with E-state index in [2.05, 4.69) is 20.4 Å². The molecule has 7 heteroatoms. The van der Waals surface area contributed by atoms with Gasteiger partial charge in [0, 0.05) is 0 Å². The van der Waals surface area contributed by atoms with Gasteiger partial charge in [-0.1, -0.05) is 0 Å². The van der Waals surface area contributed by atoms with E-state index in [-0.39, 0.29) is 0 Å². The van der Waals surface area contributed by atoms with Gasteiger partial charge in [0.25, 0.3) is 0 Å². The van der Waals surface area contributed by atoms with E-state index in [1.165, 1.54) is 0 Å². The molecule has 7 nitrogen and oxygen atoms in total. The smallest absolute Gasteiger partial charge is 0.248 e. The van der Waals surface area contributed by atoms with Crippen LogP contribution in [-0.2, 0) is 14.7 Å². The second-order valence-corrected chi connectivity index (χ2v) is 0.877. The van der Waals surface area contributed by atoms with Crippen LogP contribution < -0.4 is 5.73 Å². The lowest BCUT2D eigenvalue weighted by Gasteiger charge is -2.14. The van der Waals surface area contributed by atoms with Gasteiger partial charge in [0.1, 0.15) is 0 Å². The highest BCUT2D eigenvalue weighted by atomic mass is 17.3. The SMILES string of the molecule is NC(OO)(OO)OO. The van der Waals surface area contributed by atoms with E-state index in [0.29, 0.717) is 0 Å². The van der Waals surface area contributed by atoms with Gasteiger partial charge in [0.05, 0.1) is 0 Å². The molecule has 0 unspecified atom stereocenters. The van der Waals surface area contributed by atoms with E-state index in [9.17, 15) is 0 Å². The molecule has 5 N–H and O–H groups in total. The van der Waals surface area contributed by atoms with Crippen LogP contribution in [-0.4, -0.2) is 21.9 Å². The molecule has 0 spiro atoms. The summed E-state index contributed by atoms with van der Waals surface area (Å²) < 4.78 is 0. The molecule has 0 saturated heterocycles. The molecule has 0 aliphatic heterocycles. The molecule has 50 valence electrons. The summed E-state index contributed by atoms with van der Waals surface area (Å²) in [6, 6.07) is 0. The van der Waals surface area contributed by atoms with Gasteiger partial charge in [-0.25, -0.2) is 21.5 Å². The molecular weight excluding hydrogens is 122 g/mol. The van der Waals surface area contributed by atoms with Crippen molar-refractivity contribution in [1.29, 1.82) is 0 Å². The van der Waals surface area contributed by atoms with E-state index in [0.717, 1.165) is 0 Å². The molecule has 0 atom stereocenters. The molecule has 0 heterocycles. The third kappa shape index (κ3) is 1.68. The third-order valence-corrected chi connectivity index (χ3v) is 0.382. The first-order chi connectivity index (χ1) is 3.68. The van der Waals surface area contributed by atoms with E-state index >= 15 is 0 Å². The minimum atomic E-state index is -2.71. The first-order valence-electron chi connectivity index (χ1n) is 1.45. The monoisotopic (exact) mass is 127 g/mol. The summed E-state index contributed by atoms with van der Waals surface area (Å²) in [6.07, 6.45) is -2.71. The molecule has 0 aromatic rings. The first-order valence-corrected chi connectivity index (χ1v) is 1.45. The summed E-state index contributed by atoms with van der Waals surface area (Å²) in [7, 11) is 0. The Kier molecular flexibility index (Phi) is 2.79. The van der Waals surface area contributed by atoms with Crippen molar-refractivity contribution in [2.24, 2.45) is 5.73 Å². The molecule has 0 amide bonds. The number of hydrogen-bond acceptors (Lipinski definition) is 7. The van der Waals surface area contributed by atoms with Crippen LogP contribution in [0.15, 0.2) is 0 Å². The Balaban J connectivity index is 3.58. The summed E-state index contributed by atoms with van der Waals surface area (Å²) in [4.78, 5) is 9.21. The normalized spacial score (nSPS) is 12.0. The minimum absolute atomic E-state index is 2.71. The van der Waals surface area contributed by atoms with Gasteiger partial charge in [0.15, 0.2) is 0 Å². The predicted molar refractivity (Wildman–Crippen MR) is 18.1 cm³/mol. The Morgan fingerprint density at radius 2 is 1.25 bits per heavy atom. The van der Waals surface area contributed by atoms with Crippen LogP contribution in [0, 0.1) is 0 Å². The first kappa shape index (κ1) is 7.72. The largest absolute Gasteiger partial charge is 0.427 e. The van der Waals surface area contributed by atoms with E-state index in [1.807, 2.05) is 0 Å². The van der Waals surface area contributed by atoms with Gasteiger partial charge >= 0.3 is 6.10 Å². The summed E-state index contributed by atoms with van der Waals surface area (Å²) in [5.41, 5.74) is 4.48. The molecule has 8 heavy (non-hydrogen) atoms. The topological polar surface area (TPSA) is 114 Å². The minimum Gasteiger partial charge on any atom is -0.248 e. The van der Waals surface area contributed by atoms with Gasteiger partial charge in [-0.05, 0) is 0 Å². The van der Waals surface area contributed by atoms with Crippen LogP contribution in [0.4, 0.5) is 0 Å². The van der Waals surface area contributed by atoms with Crippen LogP contribution in [0.25, 0.3) is 0 Å². The Hall–Kier alpha value is -0.280. The van der Waals surface area contributed by atoms with Gasteiger partial charge in [-0.3, -0.25) is 0 Å². The molecule has 0 aromatic heterocycles. The zero-order valence-electron chi connectivity index (χ0n) is 3.64. The average Bonchev–Trinajstić information content (AvgIpc) is 1.87. The third-order valence-electron chi connectivity index (χ3n) is 0.382. The summed E-state index contributed by atoms with van der Waals surface area (Å²) in [6.45, 7) is 0. The van der Waals surface area contributed by atoms with Crippen molar-refractivity contribution in [2.75, 3.05) is 0 Å². The maximum Gasteiger partial charge on any atom is 0.427 e. The highest BCUT2D eigenvalue weighted by Crippen LogP contribution is 1.99. The average molecular weight is 127 g/mol. The zero-order valence-corrected chi connectivity index (χ0v) is 3.64. The van der Waals surface area contributed by atoms with Crippen LogP contribution in [0.2, 0.25) is 0 Å². The molecule has 0 radical (unpaired) electrons. The second kappa shape index (κ2) is 2.89. The lowest BCUT2D eigenvalue weighted by atomic mass is 11.0. The number of hydrogen-bond donors (Lipinski definition) is 4. The van der Waals surface area contributed by atoms with E-state index < -0.39 is 6.10 Å². The molecule has 0 saturated carbocycles. The van der Waals surface area contributed by atoms with Crippen molar-refractivity contribution < 1.29 is 30.4 Å². The Morgan fingerprint density at radius 3 is 1.25 bits per heavy atom. The molecule has 0 fully saturated rings. The predicted octanol–water partition coefficient (Wildman–Crippen LogP) is -0.975. The fourth-order valence-electron chi connectivity index (χ4n) is 0.0500. The fraction of sp³-hybridized carbons (Fsp3) is 1.00. The van der Waals surface area contributed by atoms with Gasteiger partial charge < -0.3 is 0 Å². The van der Waals surface area contributed by atoms with Crippen molar-refractivity contribution in [1.82, 2.24) is 0 Å². The quantitative estimate of drug-likeness (QED) is 0.219. The molecular formula is CH5NO6. The van der Waals surface area contributed by atoms with Crippen LogP contribution in [0.1, 0.15) is 0 Å². The second-order valence-electron chi connectivity index (χ2n) is 0.877. The zero-order chi connectivity index (χ0) is 6.62. The van der Waals surface area contributed by atoms with Crippen molar-refractivity contribution in [3.63, 3.8) is 0 Å². The van der Waals surface area contributed by atoms with Crippen molar-refractivity contribution in [2.45, 2.75) is 6.10 Å². The standard InChI is InChI=1S/CH5NO6/c2-1(6-3,7-4)8-5/h3-5H,2H2. The van der Waals surface area contributed by atoms with Gasteiger partial charge in [-0.2, -0.15) is 14.7 Å². The Morgan fingerprint density at radius 1 is 1.00 bits per heavy atom. The Bertz CT molecular complexity index is 51.3. The number of rotatable bonds is 3. The van der Waals surface area contributed by atoms with Gasteiger partial charge in [0.2, 0.25) is 0 Å². The molecule has 0 aromatic carbocycles. The maximum atomic E-state index is 7.59. The summed E-state index contributed by atoms with van der Waals surface area (Å²) >= 11 is 0. The molecule has 0 rings (SSSR count). The van der Waals surface area contributed by atoms with E-state index in [1.54, 1.807) is 0 Å². The van der Waals surface area contributed by atoms with Crippen LogP contribution >= 0.6 is 0 Å². The molecule has 0 aliphatic carbocycles. The van der Waals surface area contributed by atoms with Crippen molar-refractivity contribution >= 4 is 0 Å². The van der Waals surface area contributed by atoms with Crippen LogP contribution in [0.5, 0.6) is 0 Å². The lowest BCUT2D eigenvalue weighted by molar-refractivity contribution is -0.612.